The van der Waals surface area contributed by atoms with Gasteiger partial charge in [-0.25, -0.2) is 0 Å². The minimum absolute atomic E-state index is 0.0233. The fourth-order valence-corrected chi connectivity index (χ4v) is 4.18. The van der Waals surface area contributed by atoms with Crippen molar-refractivity contribution in [3.63, 3.8) is 0 Å². The lowest BCUT2D eigenvalue weighted by Gasteiger charge is -2.43. The molecule has 0 N–H and O–H groups in total. The van der Waals surface area contributed by atoms with Crippen LogP contribution in [0.2, 0.25) is 0 Å². The van der Waals surface area contributed by atoms with E-state index in [1.54, 1.807) is 0 Å². The van der Waals surface area contributed by atoms with Gasteiger partial charge >= 0.3 is 0 Å². The zero-order valence-corrected chi connectivity index (χ0v) is 20.1. The molecule has 0 saturated heterocycles. The van der Waals surface area contributed by atoms with Gasteiger partial charge in [0.25, 0.3) is 0 Å². The van der Waals surface area contributed by atoms with Crippen molar-refractivity contribution < 1.29 is 8.83 Å². The third-order valence-corrected chi connectivity index (χ3v) is 8.11. The lowest BCUT2D eigenvalue weighted by atomic mass is 9.62. The third-order valence-electron chi connectivity index (χ3n) is 6.08. The van der Waals surface area contributed by atoms with Crippen LogP contribution in [0.15, 0.2) is 24.9 Å². The van der Waals surface area contributed by atoms with Gasteiger partial charge < -0.3 is 8.83 Å². The van der Waals surface area contributed by atoms with E-state index in [1.165, 1.54) is 0 Å². The number of rotatable bonds is 6. The topological polar surface area (TPSA) is 26.3 Å². The summed E-state index contributed by atoms with van der Waals surface area (Å²) in [5.74, 6) is 1.82. The lowest BCUT2D eigenvalue weighted by molar-refractivity contribution is 0.0827. The molecule has 0 aliphatic heterocycles. The van der Waals surface area contributed by atoms with Crippen LogP contribution in [0.4, 0.5) is 0 Å². The Morgan fingerprint density at radius 1 is 1.12 bits per heavy atom. The van der Waals surface area contributed by atoms with Crippen molar-refractivity contribution in [2.45, 2.75) is 63.4 Å². The predicted octanol–water partition coefficient (Wildman–Crippen LogP) is 3.56. The Morgan fingerprint density at radius 2 is 1.72 bits per heavy atom. The maximum absolute atomic E-state index is 6.13. The van der Waals surface area contributed by atoms with Gasteiger partial charge in [-0.1, -0.05) is 41.0 Å². The summed E-state index contributed by atoms with van der Waals surface area (Å²) in [5.41, 5.74) is 2.43. The molecule has 0 bridgehead atoms. The predicted molar refractivity (Wildman–Crippen MR) is 125 cm³/mol. The van der Waals surface area contributed by atoms with Crippen LogP contribution in [0.1, 0.15) is 64.9 Å². The molecule has 0 aromatic carbocycles. The van der Waals surface area contributed by atoms with Crippen molar-refractivity contribution in [2.75, 3.05) is 0 Å². The average molecular weight is 488 g/mol. The van der Waals surface area contributed by atoms with Gasteiger partial charge in [0.15, 0.2) is 8.86 Å². The van der Waals surface area contributed by atoms with E-state index in [-0.39, 0.29) is 16.7 Å². The van der Waals surface area contributed by atoms with Crippen LogP contribution in [0.5, 0.6) is 0 Å². The normalized spacial score (nSPS) is 14.1. The Bertz CT molecular complexity index is 746. The fraction of sp³-hybridized carbons (Fsp3) is 0.556. The molecule has 1 atom stereocenters. The quantitative estimate of drug-likeness (QED) is 0.370. The largest absolute Gasteiger partial charge is 0.455 e. The Balaban J connectivity index is 2.55. The molecule has 0 saturated carbocycles. The first-order chi connectivity index (χ1) is 11.4. The second kappa shape index (κ2) is 7.63. The van der Waals surface area contributed by atoms with E-state index in [0.29, 0.717) is 5.09 Å². The maximum Gasteiger partial charge on any atom is 0.158 e. The summed E-state index contributed by atoms with van der Waals surface area (Å²) in [4.78, 5) is 0.925. The first-order valence-corrected chi connectivity index (χ1v) is 10.7. The molecular weight excluding hydrogens is 461 g/mol. The first-order valence-electron chi connectivity index (χ1n) is 8.68. The van der Waals surface area contributed by atoms with E-state index in [1.807, 2.05) is 15.7 Å². The van der Waals surface area contributed by atoms with Crippen molar-refractivity contribution in [1.82, 2.24) is 0 Å². The molecule has 2 rings (SSSR count). The summed E-state index contributed by atoms with van der Waals surface area (Å²) >= 11 is 11.4. The van der Waals surface area contributed by atoms with E-state index in [4.69, 9.17) is 21.5 Å². The van der Waals surface area contributed by atoms with E-state index >= 15 is 0 Å². The molecule has 0 aliphatic carbocycles. The lowest BCUT2D eigenvalue weighted by Crippen LogP contribution is -2.33. The Kier molecular flexibility index (Phi) is 6.53. The van der Waals surface area contributed by atoms with Gasteiger partial charge in [0.1, 0.15) is 27.2 Å². The summed E-state index contributed by atoms with van der Waals surface area (Å²) in [7, 11) is 4.07. The Hall–Kier alpha value is 0.120. The minimum atomic E-state index is 0.0233. The average Bonchev–Trinajstić information content (AvgIpc) is 2.99. The third kappa shape index (κ3) is 4.18. The molecule has 2 aromatic heterocycles. The van der Waals surface area contributed by atoms with E-state index in [0.717, 1.165) is 44.0 Å². The van der Waals surface area contributed by atoms with Crippen LogP contribution in [0.3, 0.4) is 0 Å². The van der Waals surface area contributed by atoms with Crippen molar-refractivity contribution >= 4 is 74.5 Å². The molecule has 7 heteroatoms. The van der Waals surface area contributed by atoms with E-state index < -0.39 is 0 Å². The van der Waals surface area contributed by atoms with Crippen molar-refractivity contribution in [3.05, 3.63) is 21.4 Å². The molecule has 0 fully saturated rings. The van der Waals surface area contributed by atoms with Crippen LogP contribution in [-0.2, 0) is 0 Å². The van der Waals surface area contributed by atoms with Gasteiger partial charge in [-0.2, -0.15) is 0 Å². The number of furan rings is 2. The summed E-state index contributed by atoms with van der Waals surface area (Å²) < 4.78 is 13.0. The molecule has 25 heavy (non-hydrogen) atoms. The molecule has 0 spiro atoms. The van der Waals surface area contributed by atoms with Crippen LogP contribution >= 0.6 is 47.8 Å². The molecule has 1 unspecified atom stereocenters. The number of hydrogen-bond acceptors (Lipinski definition) is 4. The molecular formula is C18H27B2IO2S2. The number of thiol groups is 2. The van der Waals surface area contributed by atoms with Crippen LogP contribution in [0.25, 0.3) is 0 Å². The van der Waals surface area contributed by atoms with Crippen LogP contribution in [0, 0.1) is 14.6 Å². The molecule has 0 radical (unpaired) electrons. The van der Waals surface area contributed by atoms with Gasteiger partial charge in [0, 0.05) is 4.90 Å². The molecule has 0 amide bonds. The van der Waals surface area contributed by atoms with Gasteiger partial charge in [0.05, 0.1) is 5.92 Å². The maximum atomic E-state index is 6.13. The van der Waals surface area contributed by atoms with Crippen molar-refractivity contribution in [3.8, 4) is 0 Å². The van der Waals surface area contributed by atoms with Gasteiger partial charge in [0.2, 0.25) is 0 Å². The number of hydrogen-bond donors (Lipinski definition) is 2. The minimum Gasteiger partial charge on any atom is -0.455 e. The zero-order chi connectivity index (χ0) is 19.2. The number of halogens is 1. The van der Waals surface area contributed by atoms with Gasteiger partial charge in [-0.05, 0) is 56.8 Å². The molecule has 0 aliphatic rings. The Labute approximate surface area is 178 Å². The summed E-state index contributed by atoms with van der Waals surface area (Å²) in [6.07, 6.45) is 2.04. The van der Waals surface area contributed by atoms with Gasteiger partial charge in [-0.3, -0.25) is 0 Å². The summed E-state index contributed by atoms with van der Waals surface area (Å²) in [6, 6.07) is 2.08. The zero-order valence-electron chi connectivity index (χ0n) is 16.2. The molecule has 136 valence electrons. The second-order valence-corrected chi connectivity index (χ2v) is 10.1. The first kappa shape index (κ1) is 21.4. The fourth-order valence-electron chi connectivity index (χ4n) is 2.99. The standard InChI is InChI=1S/C18H27B2IO2S2/c1-6-17(2,3)18(4,5)8-9(11-7-10(19)16(25)22-11)13-14(24)12(20)15(21)23-13/h7,9,24-25H,6,8,19-20H2,1-5H3. The highest BCUT2D eigenvalue weighted by atomic mass is 127. The monoisotopic (exact) mass is 488 g/mol. The smallest absolute Gasteiger partial charge is 0.158 e. The summed E-state index contributed by atoms with van der Waals surface area (Å²) in [5, 5.41) is 0.672. The molecule has 2 aromatic rings. The summed E-state index contributed by atoms with van der Waals surface area (Å²) in [6.45, 7) is 11.6. The molecule has 2 nitrogen and oxygen atoms in total. The highest BCUT2D eigenvalue weighted by Gasteiger charge is 2.40. The SMILES string of the molecule is Bc1cc(C(CC(C)(C)C(C)(C)CC)c2oc(I)c(B)c2S)oc1S. The van der Waals surface area contributed by atoms with Gasteiger partial charge in [-0.15, -0.1) is 25.3 Å². The van der Waals surface area contributed by atoms with Crippen LogP contribution in [-0.4, -0.2) is 15.7 Å². The molecule has 2 heterocycles. The second-order valence-electron chi connectivity index (χ2n) is 8.23. The Morgan fingerprint density at radius 3 is 2.12 bits per heavy atom. The van der Waals surface area contributed by atoms with E-state index in [2.05, 4.69) is 75.9 Å². The van der Waals surface area contributed by atoms with Crippen molar-refractivity contribution in [1.29, 1.82) is 0 Å². The highest BCUT2D eigenvalue weighted by molar-refractivity contribution is 14.1. The highest BCUT2D eigenvalue weighted by Crippen LogP contribution is 2.49. The van der Waals surface area contributed by atoms with E-state index in [9.17, 15) is 0 Å². The van der Waals surface area contributed by atoms with Crippen LogP contribution < -0.4 is 10.9 Å². The van der Waals surface area contributed by atoms with Crippen molar-refractivity contribution in [2.24, 2.45) is 10.8 Å².